The number of nitrogens with zero attached hydrogens (tertiary/aromatic N) is 1. The van der Waals surface area contributed by atoms with E-state index in [0.29, 0.717) is 12.1 Å². The molecule has 1 aliphatic heterocycles. The van der Waals surface area contributed by atoms with Gasteiger partial charge in [0, 0.05) is 32.8 Å². The molecule has 1 heterocycles. The molecule has 0 aliphatic carbocycles. The number of rotatable bonds is 5. The number of piperidine rings is 1. The highest BCUT2D eigenvalue weighted by molar-refractivity contribution is 5.85. The van der Waals surface area contributed by atoms with Crippen LogP contribution < -0.4 is 5.73 Å². The summed E-state index contributed by atoms with van der Waals surface area (Å²) in [4.78, 5) is 2.52. The fraction of sp³-hybridized carbons (Fsp3) is 0.600. The molecule has 0 bridgehead atoms. The number of likely N-dealkylation sites (tertiary alicyclic amines) is 1. The average Bonchev–Trinajstić information content (AvgIpc) is 2.46. The van der Waals surface area contributed by atoms with Crippen molar-refractivity contribution in [1.29, 1.82) is 0 Å². The third kappa shape index (κ3) is 4.77. The zero-order chi connectivity index (χ0) is 12.8. The summed E-state index contributed by atoms with van der Waals surface area (Å²) in [5.74, 6) is 0. The van der Waals surface area contributed by atoms with E-state index >= 15 is 0 Å². The second-order valence-electron chi connectivity index (χ2n) is 5.04. The summed E-state index contributed by atoms with van der Waals surface area (Å²) in [6.07, 6.45) is 3.70. The van der Waals surface area contributed by atoms with Gasteiger partial charge in [0.25, 0.3) is 0 Å². The number of ether oxygens (including phenoxy) is 1. The van der Waals surface area contributed by atoms with Crippen LogP contribution in [0.15, 0.2) is 30.3 Å². The summed E-state index contributed by atoms with van der Waals surface area (Å²) in [5, 5.41) is 0. The molecule has 2 unspecified atom stereocenters. The topological polar surface area (TPSA) is 38.5 Å². The van der Waals surface area contributed by atoms with Crippen LogP contribution in [0.2, 0.25) is 0 Å². The molecular weight excluding hydrogens is 260 g/mol. The molecule has 19 heavy (non-hydrogen) atoms. The minimum atomic E-state index is 0. The smallest absolute Gasteiger partial charge is 0.0599 e. The monoisotopic (exact) mass is 284 g/mol. The van der Waals surface area contributed by atoms with Crippen molar-refractivity contribution in [3.8, 4) is 0 Å². The highest BCUT2D eigenvalue weighted by Crippen LogP contribution is 2.19. The maximum absolute atomic E-state index is 5.88. The molecule has 1 aliphatic rings. The van der Waals surface area contributed by atoms with Crippen molar-refractivity contribution in [2.75, 3.05) is 26.7 Å². The largest absolute Gasteiger partial charge is 0.381 e. The predicted molar refractivity (Wildman–Crippen MR) is 81.8 cm³/mol. The van der Waals surface area contributed by atoms with Crippen molar-refractivity contribution < 1.29 is 4.74 Å². The fourth-order valence-corrected chi connectivity index (χ4v) is 2.73. The first-order chi connectivity index (χ1) is 8.83. The summed E-state index contributed by atoms with van der Waals surface area (Å²) in [7, 11) is 1.80. The summed E-state index contributed by atoms with van der Waals surface area (Å²) >= 11 is 0. The van der Waals surface area contributed by atoms with Gasteiger partial charge < -0.3 is 10.5 Å². The molecular formula is C15H25ClN2O. The van der Waals surface area contributed by atoms with Gasteiger partial charge in [-0.15, -0.1) is 12.4 Å². The van der Waals surface area contributed by atoms with Crippen molar-refractivity contribution in [2.24, 2.45) is 5.73 Å². The fourth-order valence-electron chi connectivity index (χ4n) is 2.73. The highest BCUT2D eigenvalue weighted by atomic mass is 35.5. The zero-order valence-electron chi connectivity index (χ0n) is 11.6. The minimum Gasteiger partial charge on any atom is -0.381 e. The standard InChI is InChI=1S/C15H24N2O.ClH/c1-18-15-8-10-17(14(11-15)12-16)9-7-13-5-3-2-4-6-13;/h2-6,14-15H,7-12,16H2,1H3;1H. The number of benzene rings is 1. The zero-order valence-corrected chi connectivity index (χ0v) is 12.4. The lowest BCUT2D eigenvalue weighted by Gasteiger charge is -2.38. The molecule has 0 aromatic heterocycles. The quantitative estimate of drug-likeness (QED) is 0.900. The van der Waals surface area contributed by atoms with Crippen LogP contribution in [0.25, 0.3) is 0 Å². The van der Waals surface area contributed by atoms with Gasteiger partial charge in [-0.1, -0.05) is 30.3 Å². The van der Waals surface area contributed by atoms with Crippen LogP contribution in [0.3, 0.4) is 0 Å². The van der Waals surface area contributed by atoms with Crippen molar-refractivity contribution in [3.63, 3.8) is 0 Å². The van der Waals surface area contributed by atoms with E-state index in [4.69, 9.17) is 10.5 Å². The Morgan fingerprint density at radius 2 is 2.05 bits per heavy atom. The molecule has 3 nitrogen and oxygen atoms in total. The van der Waals surface area contributed by atoms with Crippen LogP contribution in [-0.4, -0.2) is 43.8 Å². The lowest BCUT2D eigenvalue weighted by atomic mass is 9.98. The first kappa shape index (κ1) is 16.4. The molecule has 0 amide bonds. The maximum atomic E-state index is 5.88. The molecule has 1 fully saturated rings. The second kappa shape index (κ2) is 8.54. The van der Waals surface area contributed by atoms with E-state index in [0.717, 1.165) is 38.9 Å². The van der Waals surface area contributed by atoms with E-state index in [1.165, 1.54) is 5.56 Å². The van der Waals surface area contributed by atoms with Crippen LogP contribution >= 0.6 is 12.4 Å². The molecule has 0 spiro atoms. The lowest BCUT2D eigenvalue weighted by Crippen LogP contribution is -2.49. The predicted octanol–water partition coefficient (Wildman–Crippen LogP) is 2.09. The Hall–Kier alpha value is -0.610. The summed E-state index contributed by atoms with van der Waals surface area (Å²) in [5.41, 5.74) is 7.29. The van der Waals surface area contributed by atoms with Crippen molar-refractivity contribution in [2.45, 2.75) is 31.4 Å². The van der Waals surface area contributed by atoms with Gasteiger partial charge in [0.05, 0.1) is 6.10 Å². The normalized spacial score (nSPS) is 23.9. The molecule has 1 aromatic rings. The molecule has 2 N–H and O–H groups in total. The van der Waals surface area contributed by atoms with Gasteiger partial charge >= 0.3 is 0 Å². The Bertz CT molecular complexity index is 347. The molecule has 1 aromatic carbocycles. The minimum absolute atomic E-state index is 0. The van der Waals surface area contributed by atoms with Crippen molar-refractivity contribution in [1.82, 2.24) is 4.90 Å². The molecule has 108 valence electrons. The number of hydrogen-bond acceptors (Lipinski definition) is 3. The molecule has 2 rings (SSSR count). The Labute approximate surface area is 122 Å². The van der Waals surface area contributed by atoms with E-state index in [-0.39, 0.29) is 12.4 Å². The van der Waals surface area contributed by atoms with Crippen molar-refractivity contribution >= 4 is 12.4 Å². The number of methoxy groups -OCH3 is 1. The van der Waals surface area contributed by atoms with Gasteiger partial charge in [-0.3, -0.25) is 4.90 Å². The Balaban J connectivity index is 0.00000180. The number of halogens is 1. The summed E-state index contributed by atoms with van der Waals surface area (Å²) < 4.78 is 5.45. The first-order valence-electron chi connectivity index (χ1n) is 6.84. The van der Waals surface area contributed by atoms with Crippen LogP contribution in [0.5, 0.6) is 0 Å². The summed E-state index contributed by atoms with van der Waals surface area (Å²) in [6.45, 7) is 2.93. The molecule has 1 saturated heterocycles. The van der Waals surface area contributed by atoms with Gasteiger partial charge in [-0.25, -0.2) is 0 Å². The lowest BCUT2D eigenvalue weighted by molar-refractivity contribution is 0.0138. The molecule has 2 atom stereocenters. The van der Waals surface area contributed by atoms with Crippen LogP contribution in [0.1, 0.15) is 18.4 Å². The highest BCUT2D eigenvalue weighted by Gasteiger charge is 2.26. The molecule has 4 heteroatoms. The van der Waals surface area contributed by atoms with Gasteiger partial charge in [-0.05, 0) is 24.8 Å². The Kier molecular flexibility index (Phi) is 7.39. The van der Waals surface area contributed by atoms with Crippen LogP contribution in [-0.2, 0) is 11.2 Å². The Morgan fingerprint density at radius 1 is 1.32 bits per heavy atom. The SMILES string of the molecule is COC1CCN(CCc2ccccc2)C(CN)C1.Cl. The van der Waals surface area contributed by atoms with Gasteiger partial charge in [0.1, 0.15) is 0 Å². The average molecular weight is 285 g/mol. The van der Waals surface area contributed by atoms with E-state index in [2.05, 4.69) is 35.2 Å². The van der Waals surface area contributed by atoms with E-state index in [1.54, 1.807) is 7.11 Å². The summed E-state index contributed by atoms with van der Waals surface area (Å²) in [6, 6.07) is 11.1. The van der Waals surface area contributed by atoms with Gasteiger partial charge in [-0.2, -0.15) is 0 Å². The van der Waals surface area contributed by atoms with Gasteiger partial charge in [0.2, 0.25) is 0 Å². The first-order valence-corrected chi connectivity index (χ1v) is 6.84. The van der Waals surface area contributed by atoms with E-state index in [9.17, 15) is 0 Å². The third-order valence-corrected chi connectivity index (χ3v) is 3.93. The van der Waals surface area contributed by atoms with Gasteiger partial charge in [0.15, 0.2) is 0 Å². The maximum Gasteiger partial charge on any atom is 0.0599 e. The third-order valence-electron chi connectivity index (χ3n) is 3.93. The van der Waals surface area contributed by atoms with Crippen molar-refractivity contribution in [3.05, 3.63) is 35.9 Å². The number of hydrogen-bond donors (Lipinski definition) is 1. The van der Waals surface area contributed by atoms with E-state index in [1.807, 2.05) is 0 Å². The van der Waals surface area contributed by atoms with E-state index < -0.39 is 0 Å². The second-order valence-corrected chi connectivity index (χ2v) is 5.04. The Morgan fingerprint density at radius 3 is 2.68 bits per heavy atom. The number of nitrogens with two attached hydrogens (primary N) is 1. The molecule has 0 saturated carbocycles. The van der Waals surface area contributed by atoms with Crippen LogP contribution in [0, 0.1) is 0 Å². The molecule has 0 radical (unpaired) electrons. The van der Waals surface area contributed by atoms with Crippen LogP contribution in [0.4, 0.5) is 0 Å².